The number of thioether (sulfide) groups is 1. The number of carbonyl (C=O) groups is 2. The normalized spacial score (nSPS) is 10.3. The van der Waals surface area contributed by atoms with Gasteiger partial charge in [-0.15, -0.1) is 11.8 Å². The molecule has 2 aromatic heterocycles. The van der Waals surface area contributed by atoms with Gasteiger partial charge in [-0.2, -0.15) is 0 Å². The van der Waals surface area contributed by atoms with Crippen molar-refractivity contribution in [1.29, 1.82) is 0 Å². The van der Waals surface area contributed by atoms with Crippen LogP contribution in [-0.4, -0.2) is 33.5 Å². The second kappa shape index (κ2) is 8.33. The summed E-state index contributed by atoms with van der Waals surface area (Å²) >= 11 is 1.24. The monoisotopic (exact) mass is 334 g/mol. The molecule has 0 saturated carbocycles. The molecule has 8 heteroatoms. The van der Waals surface area contributed by atoms with Crippen LogP contribution in [0.3, 0.4) is 0 Å². The Kier molecular flexibility index (Phi) is 6.16. The molecule has 0 spiro atoms. The van der Waals surface area contributed by atoms with Gasteiger partial charge < -0.3 is 15.2 Å². The Morgan fingerprint density at radius 1 is 1.22 bits per heavy atom. The van der Waals surface area contributed by atoms with E-state index in [1.54, 1.807) is 19.2 Å². The lowest BCUT2D eigenvalue weighted by Crippen LogP contribution is -2.25. The summed E-state index contributed by atoms with van der Waals surface area (Å²) in [5.41, 5.74) is 1.87. The van der Waals surface area contributed by atoms with E-state index in [4.69, 9.17) is 4.52 Å². The fourth-order valence-electron chi connectivity index (χ4n) is 1.70. The Morgan fingerprint density at radius 2 is 2.00 bits per heavy atom. The number of amides is 2. The third-order valence-corrected chi connectivity index (χ3v) is 3.76. The molecular formula is C15H18N4O3S. The van der Waals surface area contributed by atoms with E-state index in [0.717, 1.165) is 11.3 Å². The predicted octanol–water partition coefficient (Wildman–Crippen LogP) is 1.67. The Hall–Kier alpha value is -2.35. The highest BCUT2D eigenvalue weighted by Crippen LogP contribution is 2.08. The molecule has 0 unspecified atom stereocenters. The molecule has 0 atom stereocenters. The van der Waals surface area contributed by atoms with Gasteiger partial charge >= 0.3 is 0 Å². The number of carbonyl (C=O) groups excluding carboxylic acids is 2. The molecule has 0 aromatic carbocycles. The summed E-state index contributed by atoms with van der Waals surface area (Å²) in [7, 11) is 0. The minimum atomic E-state index is -0.223. The maximum absolute atomic E-state index is 11.7. The summed E-state index contributed by atoms with van der Waals surface area (Å²) in [6, 6.07) is 5.44. The van der Waals surface area contributed by atoms with Crippen LogP contribution in [0.1, 0.15) is 17.0 Å². The fourth-order valence-corrected chi connectivity index (χ4v) is 2.34. The van der Waals surface area contributed by atoms with Gasteiger partial charge in [0, 0.05) is 24.5 Å². The van der Waals surface area contributed by atoms with Gasteiger partial charge in [0.1, 0.15) is 5.76 Å². The number of aromatic nitrogens is 2. The van der Waals surface area contributed by atoms with E-state index in [2.05, 4.69) is 20.8 Å². The second-order valence-corrected chi connectivity index (χ2v) is 5.93. The summed E-state index contributed by atoms with van der Waals surface area (Å²) < 4.78 is 4.85. The minimum absolute atomic E-state index is 0.124. The fraction of sp³-hybridized carbons (Fsp3) is 0.333. The summed E-state index contributed by atoms with van der Waals surface area (Å²) in [6.45, 7) is 4.08. The van der Waals surface area contributed by atoms with Crippen molar-refractivity contribution in [3.8, 4) is 0 Å². The Labute approximate surface area is 138 Å². The van der Waals surface area contributed by atoms with Crippen LogP contribution in [0.4, 0.5) is 5.82 Å². The van der Waals surface area contributed by atoms with Gasteiger partial charge in [0.05, 0.1) is 11.5 Å². The van der Waals surface area contributed by atoms with Crippen LogP contribution in [0.15, 0.2) is 28.9 Å². The SMILES string of the molecule is Cc1ccc(CNC(=O)CSCC(=O)Nc2cc(C)on2)cn1. The van der Waals surface area contributed by atoms with Crippen molar-refractivity contribution >= 4 is 29.4 Å². The number of aryl methyl sites for hydroxylation is 2. The van der Waals surface area contributed by atoms with Crippen molar-refractivity contribution in [2.24, 2.45) is 0 Å². The van der Waals surface area contributed by atoms with Crippen LogP contribution >= 0.6 is 11.8 Å². The first-order chi connectivity index (χ1) is 11.0. The van der Waals surface area contributed by atoms with E-state index < -0.39 is 0 Å². The molecule has 0 aliphatic carbocycles. The van der Waals surface area contributed by atoms with Gasteiger partial charge in [-0.05, 0) is 25.5 Å². The van der Waals surface area contributed by atoms with E-state index in [9.17, 15) is 9.59 Å². The maximum atomic E-state index is 11.7. The summed E-state index contributed by atoms with van der Waals surface area (Å²) in [4.78, 5) is 27.5. The molecule has 0 saturated heterocycles. The molecule has 2 amide bonds. The average molecular weight is 334 g/mol. The molecule has 2 heterocycles. The lowest BCUT2D eigenvalue weighted by atomic mass is 10.2. The standard InChI is InChI=1S/C15H18N4O3S/c1-10-3-4-12(6-16-10)7-17-14(20)8-23-9-15(21)18-13-5-11(2)22-19-13/h3-6H,7-9H2,1-2H3,(H,17,20)(H,18,19,21). The molecule has 0 fully saturated rings. The topological polar surface area (TPSA) is 97.1 Å². The van der Waals surface area contributed by atoms with Crippen LogP contribution in [0.25, 0.3) is 0 Å². The average Bonchev–Trinajstić information content (AvgIpc) is 2.91. The molecule has 2 rings (SSSR count). The van der Waals surface area contributed by atoms with E-state index in [0.29, 0.717) is 18.1 Å². The smallest absolute Gasteiger partial charge is 0.235 e. The van der Waals surface area contributed by atoms with Gasteiger partial charge in [-0.3, -0.25) is 14.6 Å². The minimum Gasteiger partial charge on any atom is -0.360 e. The summed E-state index contributed by atoms with van der Waals surface area (Å²) in [5, 5.41) is 9.05. The quantitative estimate of drug-likeness (QED) is 0.799. The van der Waals surface area contributed by atoms with E-state index in [1.165, 1.54) is 11.8 Å². The Morgan fingerprint density at radius 3 is 2.65 bits per heavy atom. The second-order valence-electron chi connectivity index (χ2n) is 4.95. The number of nitrogens with one attached hydrogen (secondary N) is 2. The molecule has 122 valence electrons. The van der Waals surface area contributed by atoms with Crippen LogP contribution in [0.2, 0.25) is 0 Å². The van der Waals surface area contributed by atoms with Crippen LogP contribution in [0.5, 0.6) is 0 Å². The van der Waals surface area contributed by atoms with Crippen LogP contribution < -0.4 is 10.6 Å². The van der Waals surface area contributed by atoms with Crippen molar-refractivity contribution in [3.63, 3.8) is 0 Å². The van der Waals surface area contributed by atoms with Crippen LogP contribution in [-0.2, 0) is 16.1 Å². The molecule has 0 bridgehead atoms. The Bertz CT molecular complexity index is 670. The molecule has 0 radical (unpaired) electrons. The lowest BCUT2D eigenvalue weighted by Gasteiger charge is -2.05. The van der Waals surface area contributed by atoms with Crippen molar-refractivity contribution in [3.05, 3.63) is 41.4 Å². The first kappa shape index (κ1) is 17.0. The molecule has 0 aliphatic heterocycles. The van der Waals surface area contributed by atoms with E-state index in [1.807, 2.05) is 19.1 Å². The molecule has 0 aliphatic rings. The zero-order valence-corrected chi connectivity index (χ0v) is 13.8. The van der Waals surface area contributed by atoms with E-state index >= 15 is 0 Å². The zero-order valence-electron chi connectivity index (χ0n) is 13.0. The molecule has 7 nitrogen and oxygen atoms in total. The predicted molar refractivity (Wildman–Crippen MR) is 88.0 cm³/mol. The van der Waals surface area contributed by atoms with Crippen molar-refractivity contribution < 1.29 is 14.1 Å². The Balaban J connectivity index is 1.62. The third kappa shape index (κ3) is 6.11. The van der Waals surface area contributed by atoms with Gasteiger partial charge in [-0.1, -0.05) is 11.2 Å². The van der Waals surface area contributed by atoms with Gasteiger partial charge in [0.25, 0.3) is 0 Å². The highest BCUT2D eigenvalue weighted by atomic mass is 32.2. The highest BCUT2D eigenvalue weighted by Gasteiger charge is 2.08. The zero-order chi connectivity index (χ0) is 16.7. The molecule has 23 heavy (non-hydrogen) atoms. The number of rotatable bonds is 7. The third-order valence-electron chi connectivity index (χ3n) is 2.82. The van der Waals surface area contributed by atoms with Gasteiger partial charge in [0.2, 0.25) is 11.8 Å². The van der Waals surface area contributed by atoms with Crippen molar-refractivity contribution in [2.45, 2.75) is 20.4 Å². The summed E-state index contributed by atoms with van der Waals surface area (Å²) in [6.07, 6.45) is 1.73. The van der Waals surface area contributed by atoms with Crippen LogP contribution in [0, 0.1) is 13.8 Å². The number of hydrogen-bond acceptors (Lipinski definition) is 6. The number of anilines is 1. The van der Waals surface area contributed by atoms with Gasteiger partial charge in [0.15, 0.2) is 5.82 Å². The first-order valence-electron chi connectivity index (χ1n) is 7.02. The molecule has 2 aromatic rings. The van der Waals surface area contributed by atoms with Crippen molar-refractivity contribution in [2.75, 3.05) is 16.8 Å². The lowest BCUT2D eigenvalue weighted by molar-refractivity contribution is -0.118. The largest absolute Gasteiger partial charge is 0.360 e. The highest BCUT2D eigenvalue weighted by molar-refractivity contribution is 8.00. The maximum Gasteiger partial charge on any atom is 0.235 e. The number of pyridine rings is 1. The summed E-state index contributed by atoms with van der Waals surface area (Å²) in [5.74, 6) is 1.04. The number of hydrogen-bond donors (Lipinski definition) is 2. The van der Waals surface area contributed by atoms with Crippen molar-refractivity contribution in [1.82, 2.24) is 15.5 Å². The molecule has 2 N–H and O–H groups in total. The first-order valence-corrected chi connectivity index (χ1v) is 8.17. The van der Waals surface area contributed by atoms with E-state index in [-0.39, 0.29) is 23.3 Å². The van der Waals surface area contributed by atoms with Gasteiger partial charge in [-0.25, -0.2) is 0 Å². The number of nitrogens with zero attached hydrogens (tertiary/aromatic N) is 2. The molecular weight excluding hydrogens is 316 g/mol.